The molecule has 2 N–H and O–H groups in total. The number of nitrogens with one attached hydrogen (secondary N) is 2. The third kappa shape index (κ3) is 5.68. The van der Waals surface area contributed by atoms with Crippen molar-refractivity contribution in [3.8, 4) is 5.75 Å². The van der Waals surface area contributed by atoms with E-state index in [1.54, 1.807) is 13.2 Å². The molecule has 1 aromatic carbocycles. The van der Waals surface area contributed by atoms with Crippen LogP contribution < -0.4 is 15.4 Å². The number of hydrogen-bond donors (Lipinski definition) is 2. The molecule has 2 aromatic heterocycles. The van der Waals surface area contributed by atoms with E-state index in [-0.39, 0.29) is 35.4 Å². The zero-order valence-electron chi connectivity index (χ0n) is 18.4. The Morgan fingerprint density at radius 1 is 1.27 bits per heavy atom. The fourth-order valence-corrected chi connectivity index (χ4v) is 2.91. The lowest BCUT2D eigenvalue weighted by Crippen LogP contribution is -2.38. The summed E-state index contributed by atoms with van der Waals surface area (Å²) in [6.45, 7) is 11.3. The second-order valence-electron chi connectivity index (χ2n) is 7.92. The third-order valence-corrected chi connectivity index (χ3v) is 4.53. The molecule has 0 aliphatic carbocycles. The summed E-state index contributed by atoms with van der Waals surface area (Å²) in [5.74, 6) is 3.68. The fourth-order valence-electron chi connectivity index (χ4n) is 2.91. The quantitative estimate of drug-likeness (QED) is 0.262. The lowest BCUT2D eigenvalue weighted by Gasteiger charge is -2.16. The summed E-state index contributed by atoms with van der Waals surface area (Å²) in [6, 6.07) is 7.83. The molecule has 0 amide bonds. The maximum atomic E-state index is 6.06. The normalized spacial score (nSPS) is 13.1. The number of halogens is 1. The van der Waals surface area contributed by atoms with Crippen LogP contribution in [0.15, 0.2) is 44.3 Å². The number of nitrogens with zero attached hydrogens (tertiary/aromatic N) is 2. The van der Waals surface area contributed by atoms with Gasteiger partial charge in [0.05, 0.1) is 25.4 Å². The van der Waals surface area contributed by atoms with Gasteiger partial charge in [0.2, 0.25) is 5.89 Å². The molecule has 0 bridgehead atoms. The van der Waals surface area contributed by atoms with Gasteiger partial charge in [-0.2, -0.15) is 0 Å². The lowest BCUT2D eigenvalue weighted by atomic mass is 9.94. The third-order valence-electron chi connectivity index (χ3n) is 4.53. The van der Waals surface area contributed by atoms with Gasteiger partial charge in [0.15, 0.2) is 17.3 Å². The van der Waals surface area contributed by atoms with Crippen LogP contribution in [0.5, 0.6) is 5.75 Å². The highest BCUT2D eigenvalue weighted by atomic mass is 127. The molecule has 8 heteroatoms. The first-order chi connectivity index (χ1) is 13.8. The van der Waals surface area contributed by atoms with E-state index in [1.807, 2.05) is 38.1 Å². The summed E-state index contributed by atoms with van der Waals surface area (Å²) in [7, 11) is 1.73. The number of hydrogen-bond acceptors (Lipinski definition) is 5. The summed E-state index contributed by atoms with van der Waals surface area (Å²) >= 11 is 0. The lowest BCUT2D eigenvalue weighted by molar-refractivity contribution is 0.336. The second kappa shape index (κ2) is 10.2. The van der Waals surface area contributed by atoms with Crippen molar-refractivity contribution in [2.24, 2.45) is 4.99 Å². The number of aromatic nitrogens is 1. The predicted octanol–water partition coefficient (Wildman–Crippen LogP) is 5.16. The zero-order valence-corrected chi connectivity index (χ0v) is 20.7. The van der Waals surface area contributed by atoms with Crippen LogP contribution in [0.4, 0.5) is 0 Å². The Hall–Kier alpha value is -2.23. The van der Waals surface area contributed by atoms with Crippen LogP contribution in [0, 0.1) is 0 Å². The van der Waals surface area contributed by atoms with E-state index in [4.69, 9.17) is 13.6 Å². The number of ether oxygens (including phenoxy) is 1. The number of rotatable bonds is 6. The van der Waals surface area contributed by atoms with Gasteiger partial charge in [-0.25, -0.2) is 4.98 Å². The minimum absolute atomic E-state index is 0. The highest BCUT2D eigenvalue weighted by Gasteiger charge is 2.20. The highest BCUT2D eigenvalue weighted by Crippen LogP contribution is 2.31. The van der Waals surface area contributed by atoms with Crippen LogP contribution in [-0.4, -0.2) is 24.6 Å². The first kappa shape index (κ1) is 24.0. The molecule has 0 saturated carbocycles. The molecule has 3 rings (SSSR count). The molecule has 30 heavy (non-hydrogen) atoms. The standard InChI is InChI=1S/C22H30N4O3.HI/c1-7-27-16-10-8-9-15-11-17(28-20(15)16)14(2)26-21(23-6)25-13-19-24-12-18(29-19)22(3,4)5;/h8-12,14H,7,13H2,1-6H3,(H2,23,25,26);1H. The number of para-hydroxylation sites is 1. The average molecular weight is 526 g/mol. The van der Waals surface area contributed by atoms with Crippen molar-refractivity contribution in [3.05, 3.63) is 47.9 Å². The van der Waals surface area contributed by atoms with Crippen molar-refractivity contribution in [1.82, 2.24) is 15.6 Å². The molecular formula is C22H31IN4O3. The van der Waals surface area contributed by atoms with Gasteiger partial charge in [-0.05, 0) is 26.0 Å². The molecule has 0 aliphatic heterocycles. The zero-order chi connectivity index (χ0) is 21.0. The Kier molecular flexibility index (Phi) is 8.17. The highest BCUT2D eigenvalue weighted by molar-refractivity contribution is 14.0. The van der Waals surface area contributed by atoms with Crippen molar-refractivity contribution in [3.63, 3.8) is 0 Å². The predicted molar refractivity (Wildman–Crippen MR) is 130 cm³/mol. The van der Waals surface area contributed by atoms with Gasteiger partial charge >= 0.3 is 0 Å². The van der Waals surface area contributed by atoms with Gasteiger partial charge in [-0.3, -0.25) is 4.99 Å². The van der Waals surface area contributed by atoms with E-state index in [0.717, 1.165) is 28.2 Å². The first-order valence-electron chi connectivity index (χ1n) is 9.89. The molecule has 1 atom stereocenters. The number of guanidine groups is 1. The Morgan fingerprint density at radius 2 is 2.03 bits per heavy atom. The molecular weight excluding hydrogens is 495 g/mol. The van der Waals surface area contributed by atoms with Gasteiger partial charge in [-0.15, -0.1) is 24.0 Å². The van der Waals surface area contributed by atoms with Gasteiger partial charge in [0, 0.05) is 17.8 Å². The van der Waals surface area contributed by atoms with E-state index in [2.05, 4.69) is 41.4 Å². The van der Waals surface area contributed by atoms with Crippen LogP contribution in [-0.2, 0) is 12.0 Å². The van der Waals surface area contributed by atoms with Crippen LogP contribution in [0.2, 0.25) is 0 Å². The average Bonchev–Trinajstić information content (AvgIpc) is 3.32. The Labute approximate surface area is 194 Å². The molecule has 2 heterocycles. The summed E-state index contributed by atoms with van der Waals surface area (Å²) in [5.41, 5.74) is 0.692. The van der Waals surface area contributed by atoms with Crippen molar-refractivity contribution < 1.29 is 13.6 Å². The molecule has 0 fully saturated rings. The number of oxazole rings is 1. The van der Waals surface area contributed by atoms with Crippen molar-refractivity contribution in [1.29, 1.82) is 0 Å². The number of fused-ring (bicyclic) bond motifs is 1. The number of benzene rings is 1. The Bertz CT molecular complexity index is 988. The SMILES string of the molecule is CCOc1cccc2cc(C(C)NC(=NC)NCc3ncc(C(C)(C)C)o3)oc12.I. The molecule has 0 aliphatic rings. The molecule has 7 nitrogen and oxygen atoms in total. The second-order valence-corrected chi connectivity index (χ2v) is 7.92. The van der Waals surface area contributed by atoms with Gasteiger partial charge < -0.3 is 24.2 Å². The van der Waals surface area contributed by atoms with Crippen LogP contribution in [0.3, 0.4) is 0 Å². The molecule has 0 spiro atoms. The molecule has 1 unspecified atom stereocenters. The fraction of sp³-hybridized carbons (Fsp3) is 0.455. The van der Waals surface area contributed by atoms with Crippen molar-refractivity contribution in [2.45, 2.75) is 52.6 Å². The first-order valence-corrected chi connectivity index (χ1v) is 9.89. The summed E-state index contributed by atoms with van der Waals surface area (Å²) in [4.78, 5) is 8.62. The molecule has 0 radical (unpaired) electrons. The Balaban J connectivity index is 0.00000320. The van der Waals surface area contributed by atoms with Crippen molar-refractivity contribution in [2.75, 3.05) is 13.7 Å². The van der Waals surface area contributed by atoms with Gasteiger partial charge in [0.1, 0.15) is 11.5 Å². The largest absolute Gasteiger partial charge is 0.490 e. The monoisotopic (exact) mass is 526 g/mol. The van der Waals surface area contributed by atoms with Crippen LogP contribution in [0.25, 0.3) is 11.0 Å². The Morgan fingerprint density at radius 3 is 2.67 bits per heavy atom. The van der Waals surface area contributed by atoms with Gasteiger partial charge in [-0.1, -0.05) is 32.9 Å². The van der Waals surface area contributed by atoms with E-state index in [1.165, 1.54) is 0 Å². The summed E-state index contributed by atoms with van der Waals surface area (Å²) in [5, 5.41) is 7.58. The maximum absolute atomic E-state index is 6.06. The van der Waals surface area contributed by atoms with Gasteiger partial charge in [0.25, 0.3) is 0 Å². The molecule has 164 valence electrons. The van der Waals surface area contributed by atoms with E-state index < -0.39 is 0 Å². The van der Waals surface area contributed by atoms with E-state index >= 15 is 0 Å². The van der Waals surface area contributed by atoms with E-state index in [0.29, 0.717) is 25.0 Å². The van der Waals surface area contributed by atoms with E-state index in [9.17, 15) is 0 Å². The van der Waals surface area contributed by atoms with Crippen LogP contribution >= 0.6 is 24.0 Å². The van der Waals surface area contributed by atoms with Crippen LogP contribution in [0.1, 0.15) is 58.1 Å². The van der Waals surface area contributed by atoms with Crippen molar-refractivity contribution >= 4 is 40.9 Å². The number of aliphatic imine (C=N–C) groups is 1. The topological polar surface area (TPSA) is 84.8 Å². The minimum Gasteiger partial charge on any atom is -0.490 e. The maximum Gasteiger partial charge on any atom is 0.213 e. The smallest absolute Gasteiger partial charge is 0.213 e. The minimum atomic E-state index is -0.0854. The molecule has 3 aromatic rings. The summed E-state index contributed by atoms with van der Waals surface area (Å²) in [6.07, 6.45) is 1.78. The number of furan rings is 1. The summed E-state index contributed by atoms with van der Waals surface area (Å²) < 4.78 is 17.5. The molecule has 0 saturated heterocycles.